The van der Waals surface area contributed by atoms with Crippen LogP contribution in [0.5, 0.6) is 0 Å². The van der Waals surface area contributed by atoms with Gasteiger partial charge >= 0.3 is 11.9 Å². The maximum Gasteiger partial charge on any atom is 0.308 e. The average Bonchev–Trinajstić information content (AvgIpc) is 3.67. The molecule has 0 spiro atoms. The van der Waals surface area contributed by atoms with Gasteiger partial charge in [0.1, 0.15) is 16.7 Å². The van der Waals surface area contributed by atoms with Crippen molar-refractivity contribution in [1.82, 2.24) is 25.8 Å². The zero-order valence-electron chi connectivity index (χ0n) is 34.2. The van der Waals surface area contributed by atoms with Crippen molar-refractivity contribution in [2.75, 3.05) is 27.7 Å². The van der Waals surface area contributed by atoms with Gasteiger partial charge in [-0.3, -0.25) is 24.0 Å². The molecule has 3 N–H and O–H groups in total. The van der Waals surface area contributed by atoms with Crippen molar-refractivity contribution in [1.29, 1.82) is 0 Å². The van der Waals surface area contributed by atoms with E-state index in [9.17, 15) is 24.0 Å². The molecule has 306 valence electrons. The van der Waals surface area contributed by atoms with Gasteiger partial charge in [-0.2, -0.15) is 0 Å². The molecular formula is C42H65N5O7S. The Bertz CT molecular complexity index is 1510. The molecule has 1 heterocycles. The number of aromatic nitrogens is 1. The molecule has 12 nitrogen and oxygen atoms in total. The lowest BCUT2D eigenvalue weighted by Crippen LogP contribution is -2.55. The van der Waals surface area contributed by atoms with E-state index < -0.39 is 29.9 Å². The fraction of sp³-hybridized carbons (Fsp3) is 0.667. The summed E-state index contributed by atoms with van der Waals surface area (Å²) in [4.78, 5) is 72.6. The van der Waals surface area contributed by atoms with Crippen LogP contribution >= 0.6 is 11.3 Å². The molecule has 0 aliphatic heterocycles. The minimum atomic E-state index is -0.813. The number of hydrogen-bond donors (Lipinski definition) is 3. The Morgan fingerprint density at radius 2 is 1.64 bits per heavy atom. The lowest BCUT2D eigenvalue weighted by molar-refractivity contribution is -0.149. The van der Waals surface area contributed by atoms with E-state index in [2.05, 4.69) is 20.9 Å². The Balaban J connectivity index is 1.81. The number of nitrogens with one attached hydrogen (secondary N) is 3. The highest BCUT2D eigenvalue weighted by Gasteiger charge is 2.38. The molecule has 6 atom stereocenters. The first-order chi connectivity index (χ1) is 26.2. The minimum Gasteiger partial charge on any atom is -0.469 e. The number of unbranched alkanes of at least 4 members (excludes halogenated alkanes) is 1. The molecule has 0 radical (unpaired) electrons. The summed E-state index contributed by atoms with van der Waals surface area (Å²) in [6, 6.07) is 8.33. The molecule has 13 heteroatoms. The van der Waals surface area contributed by atoms with Gasteiger partial charge in [-0.1, -0.05) is 83.7 Å². The third kappa shape index (κ3) is 14.6. The molecule has 1 aromatic heterocycles. The van der Waals surface area contributed by atoms with Gasteiger partial charge in [0, 0.05) is 43.8 Å². The lowest BCUT2D eigenvalue weighted by atomic mass is 9.82. The number of benzene rings is 1. The second-order valence-electron chi connectivity index (χ2n) is 15.6. The molecule has 55 heavy (non-hydrogen) atoms. The number of ether oxygens (including phenoxy) is 2. The molecule has 0 saturated heterocycles. The molecule has 0 unspecified atom stereocenters. The van der Waals surface area contributed by atoms with Crippen LogP contribution < -0.4 is 16.0 Å². The lowest BCUT2D eigenvalue weighted by Gasteiger charge is -2.38. The summed E-state index contributed by atoms with van der Waals surface area (Å²) in [7, 11) is 5.03. The highest BCUT2D eigenvalue weighted by molar-refractivity contribution is 7.09. The fourth-order valence-electron chi connectivity index (χ4n) is 7.52. The van der Waals surface area contributed by atoms with Gasteiger partial charge in [0.2, 0.25) is 11.8 Å². The third-order valence-corrected chi connectivity index (χ3v) is 11.7. The number of amides is 3. The molecule has 1 aliphatic carbocycles. The quantitative estimate of drug-likeness (QED) is 0.0928. The van der Waals surface area contributed by atoms with Gasteiger partial charge in [-0.15, -0.1) is 11.3 Å². The van der Waals surface area contributed by atoms with E-state index in [1.807, 2.05) is 58.2 Å². The summed E-state index contributed by atoms with van der Waals surface area (Å²) in [5, 5.41) is 11.5. The van der Waals surface area contributed by atoms with Crippen molar-refractivity contribution in [2.24, 2.45) is 23.7 Å². The van der Waals surface area contributed by atoms with E-state index in [1.54, 1.807) is 24.3 Å². The van der Waals surface area contributed by atoms with Crippen molar-refractivity contribution in [3.05, 3.63) is 52.0 Å². The number of nitrogens with zero attached hydrogens (tertiary/aromatic N) is 2. The van der Waals surface area contributed by atoms with Gasteiger partial charge in [0.05, 0.1) is 13.0 Å². The van der Waals surface area contributed by atoms with Crippen LogP contribution in [0.3, 0.4) is 0 Å². The maximum atomic E-state index is 14.5. The van der Waals surface area contributed by atoms with E-state index in [0.29, 0.717) is 17.8 Å². The summed E-state index contributed by atoms with van der Waals surface area (Å²) in [6.45, 7) is 9.96. The first-order valence-electron chi connectivity index (χ1n) is 20.0. The smallest absolute Gasteiger partial charge is 0.308 e. The Labute approximate surface area is 332 Å². The van der Waals surface area contributed by atoms with Crippen molar-refractivity contribution >= 4 is 41.0 Å². The number of likely N-dealkylation sites (N-methyl/N-ethyl adjacent to an activating group) is 1. The predicted octanol–water partition coefficient (Wildman–Crippen LogP) is 6.25. The highest BCUT2D eigenvalue weighted by Crippen LogP contribution is 2.33. The van der Waals surface area contributed by atoms with Gasteiger partial charge < -0.3 is 30.3 Å². The summed E-state index contributed by atoms with van der Waals surface area (Å²) in [5.41, 5.74) is 1.18. The maximum absolute atomic E-state index is 14.5. The second-order valence-corrected chi connectivity index (χ2v) is 16.5. The molecule has 2 aromatic rings. The Kier molecular flexibility index (Phi) is 19.3. The summed E-state index contributed by atoms with van der Waals surface area (Å²) in [5.74, 6) is -2.14. The van der Waals surface area contributed by atoms with E-state index in [1.165, 1.54) is 25.4 Å². The van der Waals surface area contributed by atoms with Gasteiger partial charge in [0.25, 0.3) is 5.91 Å². The number of hydrogen-bond acceptors (Lipinski definition) is 10. The molecule has 1 fully saturated rings. The van der Waals surface area contributed by atoms with Crippen molar-refractivity contribution in [3.63, 3.8) is 0 Å². The fourth-order valence-corrected chi connectivity index (χ4v) is 8.36. The van der Waals surface area contributed by atoms with Crippen LogP contribution in [0.15, 0.2) is 35.7 Å². The van der Waals surface area contributed by atoms with E-state index in [-0.39, 0.29) is 59.7 Å². The van der Waals surface area contributed by atoms with Crippen LogP contribution in [-0.4, -0.2) is 85.4 Å². The number of esters is 2. The number of thiazole rings is 1. The van der Waals surface area contributed by atoms with Crippen LogP contribution in [0.4, 0.5) is 0 Å². The zero-order valence-corrected chi connectivity index (χ0v) is 35.0. The van der Waals surface area contributed by atoms with E-state index in [4.69, 9.17) is 9.47 Å². The van der Waals surface area contributed by atoms with Gasteiger partial charge in [-0.25, -0.2) is 4.98 Å². The van der Waals surface area contributed by atoms with E-state index >= 15 is 0 Å². The standard InChI is InChI=1S/C42H65N5O7S/c1-27(2)35(47(7)41(51)37(32-20-13-10-14-21-32)46-38(49)28(3)17-15-16-22-43-6)25-36(54-30(5)48)40-45-34(26-55-40)39(50)44-33(23-29(4)42(52)53-8)24-31-18-11-9-12-19-31/h9,11-12,18-19,26-29,32-33,35-37,43H,10,13-17,20-25H2,1-8H3,(H,44,50)(H,46,49)/t28-,29+,33-,35-,36-,37+/m1/s1. The zero-order chi connectivity index (χ0) is 40.5. The Morgan fingerprint density at radius 3 is 2.25 bits per heavy atom. The molecule has 1 aliphatic rings. The Hall–Kier alpha value is -3.84. The van der Waals surface area contributed by atoms with E-state index in [0.717, 1.165) is 63.5 Å². The first kappa shape index (κ1) is 45.5. The van der Waals surface area contributed by atoms with Crippen molar-refractivity contribution < 1.29 is 33.4 Å². The van der Waals surface area contributed by atoms with Crippen LogP contribution in [0.2, 0.25) is 0 Å². The minimum absolute atomic E-state index is 0.0286. The normalized spacial score (nSPS) is 16.6. The third-order valence-electron chi connectivity index (χ3n) is 10.8. The predicted molar refractivity (Wildman–Crippen MR) is 215 cm³/mol. The topological polar surface area (TPSA) is 156 Å². The van der Waals surface area contributed by atoms with Crippen molar-refractivity contribution in [3.8, 4) is 0 Å². The van der Waals surface area contributed by atoms with Crippen LogP contribution in [0.25, 0.3) is 0 Å². The molecule has 1 aromatic carbocycles. The summed E-state index contributed by atoms with van der Waals surface area (Å²) in [6.07, 6.45) is 7.90. The van der Waals surface area contributed by atoms with Gasteiger partial charge in [0.15, 0.2) is 6.10 Å². The molecule has 3 rings (SSSR count). The number of carbonyl (C=O) groups is 5. The second kappa shape index (κ2) is 23.3. The Morgan fingerprint density at radius 1 is 0.945 bits per heavy atom. The average molecular weight is 784 g/mol. The highest BCUT2D eigenvalue weighted by atomic mass is 32.1. The van der Waals surface area contributed by atoms with Crippen LogP contribution in [0, 0.1) is 23.7 Å². The van der Waals surface area contributed by atoms with Gasteiger partial charge in [-0.05, 0) is 69.5 Å². The number of rotatable bonds is 22. The molecule has 0 bridgehead atoms. The first-order valence-corrected chi connectivity index (χ1v) is 20.9. The van der Waals surface area contributed by atoms with Crippen LogP contribution in [-0.2, 0) is 35.1 Å². The monoisotopic (exact) mass is 783 g/mol. The largest absolute Gasteiger partial charge is 0.469 e. The molecular weight excluding hydrogens is 719 g/mol. The SMILES string of the molecule is CNCCCC[C@@H](C)C(=O)N[C@H](C(=O)N(C)[C@H](C[C@@H](OC(C)=O)c1nc(C(=O)N[C@@H](Cc2ccccc2)C[C@H](C)C(=O)OC)cs1)C(C)C)C1CCCCC1. The number of carbonyl (C=O) groups excluding carboxylic acids is 5. The van der Waals surface area contributed by atoms with Crippen LogP contribution in [0.1, 0.15) is 126 Å². The summed E-state index contributed by atoms with van der Waals surface area (Å²) < 4.78 is 10.8. The molecule has 1 saturated carbocycles. The summed E-state index contributed by atoms with van der Waals surface area (Å²) >= 11 is 1.22. The number of methoxy groups -OCH3 is 1. The molecule has 3 amide bonds. The van der Waals surface area contributed by atoms with Crippen molar-refractivity contribution in [2.45, 2.75) is 129 Å².